The molecular formula is C12H25NO2. The highest BCUT2D eigenvalue weighted by molar-refractivity contribution is 5.76. The average Bonchev–Trinajstić information content (AvgIpc) is 2.11. The Bertz CT molecular complexity index is 168. The molecule has 0 bridgehead atoms. The quantitative estimate of drug-likeness (QED) is 0.704. The van der Waals surface area contributed by atoms with Gasteiger partial charge in [0.15, 0.2) is 0 Å². The molecule has 0 fully saturated rings. The zero-order chi connectivity index (χ0) is 11.8. The van der Waals surface area contributed by atoms with Crippen molar-refractivity contribution >= 4 is 5.91 Å². The first-order valence-electron chi connectivity index (χ1n) is 5.86. The van der Waals surface area contributed by atoms with E-state index in [1.807, 2.05) is 4.90 Å². The fourth-order valence-electron chi connectivity index (χ4n) is 1.55. The third-order valence-electron chi connectivity index (χ3n) is 2.07. The minimum absolute atomic E-state index is 0.100. The van der Waals surface area contributed by atoms with Crippen LogP contribution in [0.3, 0.4) is 0 Å². The number of rotatable bonds is 7. The number of amides is 1. The van der Waals surface area contributed by atoms with E-state index in [2.05, 4.69) is 27.7 Å². The summed E-state index contributed by atoms with van der Waals surface area (Å²) in [4.78, 5) is 13.7. The van der Waals surface area contributed by atoms with Gasteiger partial charge < -0.3 is 10.0 Å². The van der Waals surface area contributed by atoms with Gasteiger partial charge in [0.25, 0.3) is 0 Å². The normalized spacial score (nSPS) is 11.1. The van der Waals surface area contributed by atoms with Gasteiger partial charge >= 0.3 is 0 Å². The molecule has 0 spiro atoms. The Hall–Kier alpha value is -0.570. The lowest BCUT2D eigenvalue weighted by atomic mass is 10.1. The molecule has 0 radical (unpaired) electrons. The minimum atomic E-state index is 0.100. The predicted octanol–water partition coefficient (Wildman–Crippen LogP) is 1.90. The Morgan fingerprint density at radius 3 is 1.93 bits per heavy atom. The predicted molar refractivity (Wildman–Crippen MR) is 62.6 cm³/mol. The third-order valence-corrected chi connectivity index (χ3v) is 2.07. The van der Waals surface area contributed by atoms with E-state index in [0.717, 1.165) is 13.1 Å². The number of hydrogen-bond acceptors (Lipinski definition) is 2. The van der Waals surface area contributed by atoms with Crippen molar-refractivity contribution in [3.05, 3.63) is 0 Å². The summed E-state index contributed by atoms with van der Waals surface area (Å²) < 4.78 is 0. The molecular weight excluding hydrogens is 190 g/mol. The maximum Gasteiger partial charge on any atom is 0.222 e. The summed E-state index contributed by atoms with van der Waals surface area (Å²) in [5.41, 5.74) is 0. The Kier molecular flexibility index (Phi) is 7.39. The first-order valence-corrected chi connectivity index (χ1v) is 5.86. The first kappa shape index (κ1) is 14.4. The number of hydrogen-bond donors (Lipinski definition) is 1. The molecule has 0 rings (SSSR count). The van der Waals surface area contributed by atoms with Crippen LogP contribution in [-0.2, 0) is 4.79 Å². The fraction of sp³-hybridized carbons (Fsp3) is 0.917. The molecule has 0 aromatic rings. The number of carbonyl (C=O) groups is 1. The van der Waals surface area contributed by atoms with Crippen molar-refractivity contribution in [2.24, 2.45) is 11.8 Å². The SMILES string of the molecule is CC(C)CN(CC(C)C)C(=O)CCCO. The monoisotopic (exact) mass is 215 g/mol. The summed E-state index contributed by atoms with van der Waals surface area (Å²) in [7, 11) is 0. The van der Waals surface area contributed by atoms with E-state index in [0.29, 0.717) is 24.7 Å². The Morgan fingerprint density at radius 2 is 1.60 bits per heavy atom. The molecule has 0 aromatic carbocycles. The van der Waals surface area contributed by atoms with E-state index >= 15 is 0 Å². The Labute approximate surface area is 93.5 Å². The molecule has 0 atom stereocenters. The topological polar surface area (TPSA) is 40.5 Å². The van der Waals surface area contributed by atoms with Crippen LogP contribution in [0.25, 0.3) is 0 Å². The molecule has 0 aliphatic rings. The van der Waals surface area contributed by atoms with Gasteiger partial charge in [0.1, 0.15) is 0 Å². The highest BCUT2D eigenvalue weighted by Gasteiger charge is 2.15. The second-order valence-electron chi connectivity index (χ2n) is 4.91. The van der Waals surface area contributed by atoms with Gasteiger partial charge in [-0.3, -0.25) is 4.79 Å². The lowest BCUT2D eigenvalue weighted by molar-refractivity contribution is -0.132. The van der Waals surface area contributed by atoms with Gasteiger partial charge in [0.05, 0.1) is 0 Å². The van der Waals surface area contributed by atoms with E-state index in [1.165, 1.54) is 0 Å². The van der Waals surface area contributed by atoms with Crippen LogP contribution in [-0.4, -0.2) is 35.6 Å². The first-order chi connectivity index (χ1) is 6.97. The molecule has 90 valence electrons. The molecule has 3 heteroatoms. The average molecular weight is 215 g/mol. The van der Waals surface area contributed by atoms with Crippen LogP contribution < -0.4 is 0 Å². The van der Waals surface area contributed by atoms with Crippen molar-refractivity contribution in [2.45, 2.75) is 40.5 Å². The second-order valence-corrected chi connectivity index (χ2v) is 4.91. The van der Waals surface area contributed by atoms with Gasteiger partial charge in [-0.05, 0) is 18.3 Å². The maximum atomic E-state index is 11.8. The largest absolute Gasteiger partial charge is 0.396 e. The van der Waals surface area contributed by atoms with Crippen LogP contribution in [0.4, 0.5) is 0 Å². The van der Waals surface area contributed by atoms with E-state index in [9.17, 15) is 4.79 Å². The summed E-state index contributed by atoms with van der Waals surface area (Å²) in [5.74, 6) is 1.18. The highest BCUT2D eigenvalue weighted by Crippen LogP contribution is 2.06. The molecule has 1 amide bonds. The van der Waals surface area contributed by atoms with E-state index in [1.54, 1.807) is 0 Å². The smallest absolute Gasteiger partial charge is 0.222 e. The molecule has 3 nitrogen and oxygen atoms in total. The van der Waals surface area contributed by atoms with Crippen LogP contribution >= 0.6 is 0 Å². The van der Waals surface area contributed by atoms with Crippen LogP contribution in [0.5, 0.6) is 0 Å². The number of carbonyl (C=O) groups excluding carboxylic acids is 1. The maximum absolute atomic E-state index is 11.8. The van der Waals surface area contributed by atoms with Gasteiger partial charge in [-0.15, -0.1) is 0 Å². The Morgan fingerprint density at radius 1 is 1.13 bits per heavy atom. The van der Waals surface area contributed by atoms with E-state index < -0.39 is 0 Å². The molecule has 0 saturated carbocycles. The van der Waals surface area contributed by atoms with Crippen molar-refractivity contribution in [2.75, 3.05) is 19.7 Å². The second kappa shape index (κ2) is 7.69. The zero-order valence-corrected chi connectivity index (χ0v) is 10.5. The summed E-state index contributed by atoms with van der Waals surface area (Å²) in [6.07, 6.45) is 1.04. The molecule has 1 N–H and O–H groups in total. The van der Waals surface area contributed by atoms with Gasteiger partial charge in [-0.25, -0.2) is 0 Å². The number of nitrogens with zero attached hydrogens (tertiary/aromatic N) is 1. The fourth-order valence-corrected chi connectivity index (χ4v) is 1.55. The minimum Gasteiger partial charge on any atom is -0.396 e. The summed E-state index contributed by atoms with van der Waals surface area (Å²) in [6.45, 7) is 10.2. The van der Waals surface area contributed by atoms with Crippen LogP contribution in [0.2, 0.25) is 0 Å². The highest BCUT2D eigenvalue weighted by atomic mass is 16.3. The molecule has 0 aromatic heterocycles. The summed E-state index contributed by atoms with van der Waals surface area (Å²) >= 11 is 0. The molecule has 0 heterocycles. The molecule has 0 aliphatic carbocycles. The molecule has 0 aliphatic heterocycles. The van der Waals surface area contributed by atoms with Gasteiger partial charge in [0.2, 0.25) is 5.91 Å². The summed E-state index contributed by atoms with van der Waals surface area (Å²) in [5, 5.41) is 8.69. The van der Waals surface area contributed by atoms with Crippen molar-refractivity contribution in [1.29, 1.82) is 0 Å². The van der Waals surface area contributed by atoms with E-state index in [4.69, 9.17) is 5.11 Å². The van der Waals surface area contributed by atoms with Crippen LogP contribution in [0.1, 0.15) is 40.5 Å². The van der Waals surface area contributed by atoms with Crippen LogP contribution in [0, 0.1) is 11.8 Å². The van der Waals surface area contributed by atoms with Crippen molar-refractivity contribution in [1.82, 2.24) is 4.90 Å². The lowest BCUT2D eigenvalue weighted by Crippen LogP contribution is -2.36. The van der Waals surface area contributed by atoms with Crippen molar-refractivity contribution in [3.63, 3.8) is 0 Å². The van der Waals surface area contributed by atoms with Gasteiger partial charge in [-0.1, -0.05) is 27.7 Å². The third kappa shape index (κ3) is 7.37. The molecule has 0 unspecified atom stereocenters. The van der Waals surface area contributed by atoms with Gasteiger partial charge in [-0.2, -0.15) is 0 Å². The molecule has 15 heavy (non-hydrogen) atoms. The van der Waals surface area contributed by atoms with Gasteiger partial charge in [0, 0.05) is 26.1 Å². The molecule has 0 saturated heterocycles. The number of aliphatic hydroxyl groups is 1. The number of aliphatic hydroxyl groups excluding tert-OH is 1. The standard InChI is InChI=1S/C12H25NO2/c1-10(2)8-13(9-11(3)4)12(15)6-5-7-14/h10-11,14H,5-9H2,1-4H3. The van der Waals surface area contributed by atoms with E-state index in [-0.39, 0.29) is 12.5 Å². The van der Waals surface area contributed by atoms with Crippen molar-refractivity contribution < 1.29 is 9.90 Å². The lowest BCUT2D eigenvalue weighted by Gasteiger charge is -2.26. The van der Waals surface area contributed by atoms with Crippen molar-refractivity contribution in [3.8, 4) is 0 Å². The van der Waals surface area contributed by atoms with Crippen LogP contribution in [0.15, 0.2) is 0 Å². The summed E-state index contributed by atoms with van der Waals surface area (Å²) in [6, 6.07) is 0. The zero-order valence-electron chi connectivity index (χ0n) is 10.5. The Balaban J connectivity index is 4.14.